The highest BCUT2D eigenvalue weighted by Gasteiger charge is 2.62. The van der Waals surface area contributed by atoms with Crippen molar-refractivity contribution >= 4 is 5.97 Å². The lowest BCUT2D eigenvalue weighted by Gasteiger charge is -2.61. The van der Waals surface area contributed by atoms with Crippen molar-refractivity contribution in [3.8, 4) is 0 Å². The molecule has 0 unspecified atom stereocenters. The zero-order valence-electron chi connectivity index (χ0n) is 17.3. The Labute approximate surface area is 163 Å². The van der Waals surface area contributed by atoms with Gasteiger partial charge in [-0.25, -0.2) is 0 Å². The monoisotopic (exact) mass is 376 g/mol. The largest absolute Gasteiger partial charge is 0.462 e. The van der Waals surface area contributed by atoms with E-state index in [0.29, 0.717) is 5.41 Å². The van der Waals surface area contributed by atoms with Crippen LogP contribution in [-0.4, -0.2) is 31.1 Å². The first-order valence-corrected chi connectivity index (χ1v) is 11.3. The van der Waals surface area contributed by atoms with Crippen LogP contribution in [-0.2, 0) is 19.0 Å². The summed E-state index contributed by atoms with van der Waals surface area (Å²) in [6.45, 7) is 8.11. The summed E-state index contributed by atoms with van der Waals surface area (Å²) in [7, 11) is 0. The minimum atomic E-state index is -0.256. The van der Waals surface area contributed by atoms with Crippen LogP contribution in [0.4, 0.5) is 0 Å². The maximum absolute atomic E-state index is 11.6. The van der Waals surface area contributed by atoms with E-state index in [9.17, 15) is 4.79 Å². The van der Waals surface area contributed by atoms with E-state index >= 15 is 0 Å². The molecule has 7 atom stereocenters. The Morgan fingerprint density at radius 2 is 1.63 bits per heavy atom. The van der Waals surface area contributed by atoms with Gasteiger partial charge in [0.05, 0.1) is 13.2 Å². The lowest BCUT2D eigenvalue weighted by Crippen LogP contribution is -2.56. The van der Waals surface area contributed by atoms with E-state index in [4.69, 9.17) is 14.2 Å². The molecular formula is C23H36O4. The highest BCUT2D eigenvalue weighted by atomic mass is 16.7. The standard InChI is InChI=1S/C23H36O4/c1-15(24)27-20-7-6-18-17-5-4-16-14-23(25-12-13-26-23)11-10-21(16,2)19(17)8-9-22(18,20)3/h16-20H,4-14H2,1-3H3/t16-,17+,18+,19+,20-,21-,22+/m0/s1. The Bertz CT molecular complexity index is 611. The van der Waals surface area contributed by atoms with Crippen molar-refractivity contribution in [1.29, 1.82) is 0 Å². The van der Waals surface area contributed by atoms with Crippen LogP contribution in [0.5, 0.6) is 0 Å². The number of hydrogen-bond donors (Lipinski definition) is 0. The molecule has 1 spiro atoms. The van der Waals surface area contributed by atoms with Gasteiger partial charge in [-0.2, -0.15) is 0 Å². The van der Waals surface area contributed by atoms with Gasteiger partial charge < -0.3 is 14.2 Å². The predicted octanol–water partition coefficient (Wildman–Crippen LogP) is 4.70. The van der Waals surface area contributed by atoms with E-state index < -0.39 is 0 Å². The van der Waals surface area contributed by atoms with Gasteiger partial charge in [-0.15, -0.1) is 0 Å². The Balaban J connectivity index is 1.37. The third-order valence-electron chi connectivity index (χ3n) is 9.70. The van der Waals surface area contributed by atoms with Crippen molar-refractivity contribution in [3.63, 3.8) is 0 Å². The summed E-state index contributed by atoms with van der Waals surface area (Å²) in [6.07, 6.45) is 11.0. The molecule has 0 aromatic rings. The lowest BCUT2D eigenvalue weighted by atomic mass is 9.45. The van der Waals surface area contributed by atoms with E-state index in [-0.39, 0.29) is 23.3 Å². The number of rotatable bonds is 1. The average molecular weight is 377 g/mol. The molecule has 0 aromatic carbocycles. The lowest BCUT2D eigenvalue weighted by molar-refractivity contribution is -0.230. The molecule has 1 heterocycles. The Morgan fingerprint density at radius 1 is 0.889 bits per heavy atom. The van der Waals surface area contributed by atoms with E-state index in [1.807, 2.05) is 0 Å². The minimum absolute atomic E-state index is 0.103. The molecule has 5 fully saturated rings. The van der Waals surface area contributed by atoms with Crippen LogP contribution >= 0.6 is 0 Å². The van der Waals surface area contributed by atoms with Crippen molar-refractivity contribution < 1.29 is 19.0 Å². The summed E-state index contributed by atoms with van der Waals surface area (Å²) in [6, 6.07) is 0. The normalized spacial score (nSPS) is 50.7. The van der Waals surface area contributed by atoms with Gasteiger partial charge >= 0.3 is 5.97 Å². The topological polar surface area (TPSA) is 44.8 Å². The molecule has 1 saturated heterocycles. The highest BCUT2D eigenvalue weighted by Crippen LogP contribution is 2.67. The summed E-state index contributed by atoms with van der Waals surface area (Å²) >= 11 is 0. The van der Waals surface area contributed by atoms with E-state index in [0.717, 1.165) is 56.1 Å². The number of fused-ring (bicyclic) bond motifs is 5. The number of carbonyl (C=O) groups excluding carboxylic acids is 1. The Morgan fingerprint density at radius 3 is 2.37 bits per heavy atom. The molecule has 27 heavy (non-hydrogen) atoms. The zero-order valence-corrected chi connectivity index (χ0v) is 17.3. The van der Waals surface area contributed by atoms with Crippen LogP contribution in [0.25, 0.3) is 0 Å². The molecule has 1 aliphatic heterocycles. The second-order valence-electron chi connectivity index (χ2n) is 10.7. The molecule has 0 radical (unpaired) electrons. The van der Waals surface area contributed by atoms with Gasteiger partial charge in [0, 0.05) is 25.2 Å². The molecule has 5 aliphatic rings. The van der Waals surface area contributed by atoms with Crippen LogP contribution in [0, 0.1) is 34.5 Å². The number of hydrogen-bond acceptors (Lipinski definition) is 4. The highest BCUT2D eigenvalue weighted by molar-refractivity contribution is 5.66. The Hall–Kier alpha value is -0.610. The predicted molar refractivity (Wildman–Crippen MR) is 102 cm³/mol. The Kier molecular flexibility index (Phi) is 4.22. The molecule has 4 aliphatic carbocycles. The van der Waals surface area contributed by atoms with Crippen LogP contribution in [0.15, 0.2) is 0 Å². The summed E-state index contributed by atoms with van der Waals surface area (Å²) < 4.78 is 17.9. The smallest absolute Gasteiger partial charge is 0.302 e. The van der Waals surface area contributed by atoms with Crippen molar-refractivity contribution in [2.75, 3.05) is 13.2 Å². The fourth-order valence-corrected chi connectivity index (χ4v) is 8.30. The summed E-state index contributed by atoms with van der Waals surface area (Å²) in [5.41, 5.74) is 0.633. The van der Waals surface area contributed by atoms with Gasteiger partial charge in [0.2, 0.25) is 0 Å². The van der Waals surface area contributed by atoms with Gasteiger partial charge in [-0.3, -0.25) is 4.79 Å². The first-order chi connectivity index (χ1) is 12.9. The third-order valence-corrected chi connectivity index (χ3v) is 9.70. The van der Waals surface area contributed by atoms with E-state index in [2.05, 4.69) is 13.8 Å². The molecule has 5 rings (SSSR count). The molecule has 0 bridgehead atoms. The molecule has 0 aromatic heterocycles. The van der Waals surface area contributed by atoms with Gasteiger partial charge in [-0.05, 0) is 74.0 Å². The van der Waals surface area contributed by atoms with Crippen LogP contribution < -0.4 is 0 Å². The van der Waals surface area contributed by atoms with Crippen molar-refractivity contribution in [1.82, 2.24) is 0 Å². The number of carbonyl (C=O) groups is 1. The molecule has 4 saturated carbocycles. The van der Waals surface area contributed by atoms with Crippen LogP contribution in [0.2, 0.25) is 0 Å². The molecule has 4 nitrogen and oxygen atoms in total. The minimum Gasteiger partial charge on any atom is -0.462 e. The van der Waals surface area contributed by atoms with E-state index in [1.165, 1.54) is 38.5 Å². The van der Waals surface area contributed by atoms with Gasteiger partial charge in [-0.1, -0.05) is 13.8 Å². The second kappa shape index (κ2) is 6.19. The third kappa shape index (κ3) is 2.65. The van der Waals surface area contributed by atoms with Crippen LogP contribution in [0.3, 0.4) is 0 Å². The van der Waals surface area contributed by atoms with Crippen molar-refractivity contribution in [2.24, 2.45) is 34.5 Å². The van der Waals surface area contributed by atoms with Crippen molar-refractivity contribution in [2.45, 2.75) is 90.4 Å². The maximum atomic E-state index is 11.6. The molecule has 0 N–H and O–H groups in total. The number of esters is 1. The molecular weight excluding hydrogens is 340 g/mol. The summed E-state index contributed by atoms with van der Waals surface area (Å²) in [5, 5.41) is 0. The average Bonchev–Trinajstić information content (AvgIpc) is 3.21. The van der Waals surface area contributed by atoms with Gasteiger partial charge in [0.15, 0.2) is 5.79 Å². The van der Waals surface area contributed by atoms with Crippen LogP contribution in [0.1, 0.15) is 78.6 Å². The van der Waals surface area contributed by atoms with Gasteiger partial charge in [0.25, 0.3) is 0 Å². The quantitative estimate of drug-likeness (QED) is 0.622. The first-order valence-electron chi connectivity index (χ1n) is 11.3. The van der Waals surface area contributed by atoms with Crippen molar-refractivity contribution in [3.05, 3.63) is 0 Å². The molecule has 152 valence electrons. The molecule has 4 heteroatoms. The maximum Gasteiger partial charge on any atom is 0.302 e. The van der Waals surface area contributed by atoms with Gasteiger partial charge in [0.1, 0.15) is 6.10 Å². The zero-order chi connectivity index (χ0) is 18.9. The SMILES string of the molecule is CC(=O)O[C@H]1CC[C@@H]2[C@H]3CC[C@H]4CC5(CC[C@]4(C)[C@@H]3CC[C@@]12C)OCCO5. The fraction of sp³-hybridized carbons (Fsp3) is 0.957. The summed E-state index contributed by atoms with van der Waals surface area (Å²) in [4.78, 5) is 11.6. The summed E-state index contributed by atoms with van der Waals surface area (Å²) in [5.74, 6) is 2.74. The number of ether oxygens (including phenoxy) is 3. The first kappa shape index (κ1) is 18.4. The second-order valence-corrected chi connectivity index (χ2v) is 10.7. The molecule has 0 amide bonds. The fourth-order valence-electron chi connectivity index (χ4n) is 8.30. The van der Waals surface area contributed by atoms with E-state index in [1.54, 1.807) is 6.92 Å².